The van der Waals surface area contributed by atoms with Crippen LogP contribution in [0.5, 0.6) is 5.75 Å². The van der Waals surface area contributed by atoms with Crippen LogP contribution in [0.2, 0.25) is 5.02 Å². The summed E-state index contributed by atoms with van der Waals surface area (Å²) in [7, 11) is 1.65. The molecule has 0 radical (unpaired) electrons. The number of ether oxygens (including phenoxy) is 1. The van der Waals surface area contributed by atoms with E-state index < -0.39 is 0 Å². The average molecular weight is 397 g/mol. The lowest BCUT2D eigenvalue weighted by Crippen LogP contribution is -2.37. The van der Waals surface area contributed by atoms with Crippen LogP contribution in [0, 0.1) is 0 Å². The van der Waals surface area contributed by atoms with Crippen molar-refractivity contribution in [3.8, 4) is 11.4 Å². The molecule has 1 amide bonds. The molecule has 0 saturated carbocycles. The highest BCUT2D eigenvalue weighted by atomic mass is 35.5. The zero-order chi connectivity index (χ0) is 19.5. The Bertz CT molecular complexity index is 957. The monoisotopic (exact) mass is 396 g/mol. The number of nitrogens with one attached hydrogen (secondary N) is 1. The van der Waals surface area contributed by atoms with Crippen molar-refractivity contribution in [2.45, 2.75) is 12.5 Å². The zero-order valence-electron chi connectivity index (χ0n) is 15.5. The van der Waals surface area contributed by atoms with Crippen LogP contribution in [0.1, 0.15) is 16.8 Å². The van der Waals surface area contributed by atoms with E-state index in [1.165, 1.54) is 0 Å². The number of hydrogen-bond donors (Lipinski definition) is 1. The molecule has 1 N–H and O–H groups in total. The molecule has 1 aliphatic heterocycles. The molecule has 0 spiro atoms. The first-order valence-electron chi connectivity index (χ1n) is 9.13. The van der Waals surface area contributed by atoms with Crippen molar-refractivity contribution >= 4 is 23.2 Å². The molecule has 1 fully saturated rings. The first-order chi connectivity index (χ1) is 13.6. The van der Waals surface area contributed by atoms with Crippen molar-refractivity contribution in [2.75, 3.05) is 25.1 Å². The summed E-state index contributed by atoms with van der Waals surface area (Å²) in [4.78, 5) is 14.8. The summed E-state index contributed by atoms with van der Waals surface area (Å²) < 4.78 is 7.20. The molecule has 1 aliphatic rings. The predicted molar refractivity (Wildman–Crippen MR) is 110 cm³/mol. The minimum atomic E-state index is -0.0723. The molecule has 2 heterocycles. The second-order valence-electron chi connectivity index (χ2n) is 6.72. The Kier molecular flexibility index (Phi) is 5.21. The lowest BCUT2D eigenvalue weighted by atomic mass is 10.1. The Morgan fingerprint density at radius 1 is 1.25 bits per heavy atom. The molecule has 2 aromatic carbocycles. The van der Waals surface area contributed by atoms with Gasteiger partial charge in [-0.05, 0) is 55.0 Å². The number of aromatic nitrogens is 2. The van der Waals surface area contributed by atoms with E-state index in [1.807, 2.05) is 54.7 Å². The van der Waals surface area contributed by atoms with Gasteiger partial charge in [-0.15, -0.1) is 0 Å². The normalized spacial score (nSPS) is 16.2. The predicted octanol–water partition coefficient (Wildman–Crippen LogP) is 3.54. The van der Waals surface area contributed by atoms with Gasteiger partial charge in [0.15, 0.2) is 0 Å². The summed E-state index contributed by atoms with van der Waals surface area (Å²) in [6.07, 6.45) is 4.46. The summed E-state index contributed by atoms with van der Waals surface area (Å²) in [5, 5.41) is 7.98. The maximum Gasteiger partial charge on any atom is 0.251 e. The van der Waals surface area contributed by atoms with Crippen molar-refractivity contribution in [2.24, 2.45) is 0 Å². The number of amides is 1. The summed E-state index contributed by atoms with van der Waals surface area (Å²) in [5.74, 6) is 0.711. The highest BCUT2D eigenvalue weighted by Gasteiger charge is 2.26. The van der Waals surface area contributed by atoms with E-state index in [-0.39, 0.29) is 11.9 Å². The van der Waals surface area contributed by atoms with Crippen LogP contribution in [-0.2, 0) is 0 Å². The molecule has 1 aromatic heterocycles. The molecule has 7 heteroatoms. The van der Waals surface area contributed by atoms with Gasteiger partial charge in [0, 0.05) is 42.1 Å². The molecule has 144 valence electrons. The van der Waals surface area contributed by atoms with Crippen LogP contribution in [0.4, 0.5) is 5.69 Å². The van der Waals surface area contributed by atoms with Crippen molar-refractivity contribution in [3.05, 3.63) is 71.5 Å². The summed E-state index contributed by atoms with van der Waals surface area (Å²) >= 11 is 6.14. The molecule has 6 nitrogen and oxygen atoms in total. The zero-order valence-corrected chi connectivity index (χ0v) is 16.3. The third kappa shape index (κ3) is 3.82. The summed E-state index contributed by atoms with van der Waals surface area (Å²) in [6, 6.07) is 14.9. The molecule has 0 bridgehead atoms. The number of rotatable bonds is 5. The van der Waals surface area contributed by atoms with Gasteiger partial charge in [0.25, 0.3) is 5.91 Å². The Morgan fingerprint density at radius 3 is 2.79 bits per heavy atom. The highest BCUT2D eigenvalue weighted by molar-refractivity contribution is 6.30. The van der Waals surface area contributed by atoms with E-state index in [2.05, 4.69) is 15.3 Å². The van der Waals surface area contributed by atoms with Gasteiger partial charge in [-0.3, -0.25) is 4.79 Å². The molecule has 1 atom stereocenters. The summed E-state index contributed by atoms with van der Waals surface area (Å²) in [6.45, 7) is 1.55. The molecule has 0 aliphatic carbocycles. The number of hydrogen-bond acceptors (Lipinski definition) is 4. The largest absolute Gasteiger partial charge is 0.495 e. The fraction of sp³-hybridized carbons (Fsp3) is 0.238. The second kappa shape index (κ2) is 7.94. The standard InChI is InChI=1S/C21H21ClN4O2/c1-28-20-8-5-16(22)13-19(20)25-12-9-17(14-25)24-21(27)15-3-6-18(7-4-15)26-11-2-10-23-26/h2-8,10-11,13,17H,9,12,14H2,1H3,(H,24,27). The third-order valence-electron chi connectivity index (χ3n) is 4.90. The number of carbonyl (C=O) groups is 1. The highest BCUT2D eigenvalue weighted by Crippen LogP contribution is 2.33. The van der Waals surface area contributed by atoms with E-state index in [4.69, 9.17) is 16.3 Å². The lowest BCUT2D eigenvalue weighted by molar-refractivity contribution is 0.0940. The number of methoxy groups -OCH3 is 1. The van der Waals surface area contributed by atoms with E-state index in [1.54, 1.807) is 18.0 Å². The molecule has 1 unspecified atom stereocenters. The maximum atomic E-state index is 12.6. The Labute approximate surface area is 168 Å². The van der Waals surface area contributed by atoms with Gasteiger partial charge in [-0.2, -0.15) is 5.10 Å². The van der Waals surface area contributed by atoms with Gasteiger partial charge in [-0.1, -0.05) is 11.6 Å². The van der Waals surface area contributed by atoms with Gasteiger partial charge in [0.1, 0.15) is 5.75 Å². The Morgan fingerprint density at radius 2 is 2.07 bits per heavy atom. The van der Waals surface area contributed by atoms with Gasteiger partial charge >= 0.3 is 0 Å². The van der Waals surface area contributed by atoms with Crippen LogP contribution in [0.25, 0.3) is 5.69 Å². The van der Waals surface area contributed by atoms with E-state index >= 15 is 0 Å². The fourth-order valence-electron chi connectivity index (χ4n) is 3.46. The Hall–Kier alpha value is -2.99. The van der Waals surface area contributed by atoms with Crippen LogP contribution in [0.3, 0.4) is 0 Å². The molecule has 1 saturated heterocycles. The number of benzene rings is 2. The lowest BCUT2D eigenvalue weighted by Gasteiger charge is -2.21. The second-order valence-corrected chi connectivity index (χ2v) is 7.16. The van der Waals surface area contributed by atoms with Crippen LogP contribution >= 0.6 is 11.6 Å². The SMILES string of the molecule is COc1ccc(Cl)cc1N1CCC(NC(=O)c2ccc(-n3cccn3)cc2)C1. The molecular weight excluding hydrogens is 376 g/mol. The fourth-order valence-corrected chi connectivity index (χ4v) is 3.63. The van der Waals surface area contributed by atoms with Gasteiger partial charge in [-0.25, -0.2) is 4.68 Å². The minimum Gasteiger partial charge on any atom is -0.495 e. The molecule has 28 heavy (non-hydrogen) atoms. The quantitative estimate of drug-likeness (QED) is 0.716. The van der Waals surface area contributed by atoms with Gasteiger partial charge < -0.3 is 15.0 Å². The Balaban J connectivity index is 1.40. The van der Waals surface area contributed by atoms with Crippen LogP contribution in [0.15, 0.2) is 60.9 Å². The van der Waals surface area contributed by atoms with Gasteiger partial charge in [0.05, 0.1) is 18.5 Å². The number of anilines is 1. The van der Waals surface area contributed by atoms with Crippen molar-refractivity contribution in [1.29, 1.82) is 0 Å². The van der Waals surface area contributed by atoms with Crippen molar-refractivity contribution < 1.29 is 9.53 Å². The number of halogens is 1. The van der Waals surface area contributed by atoms with Gasteiger partial charge in [0.2, 0.25) is 0 Å². The molecular formula is C21H21ClN4O2. The average Bonchev–Trinajstić information content (AvgIpc) is 3.40. The number of carbonyl (C=O) groups excluding carboxylic acids is 1. The van der Waals surface area contributed by atoms with E-state index in [9.17, 15) is 4.79 Å². The first kappa shape index (κ1) is 18.4. The van der Waals surface area contributed by atoms with E-state index in [0.717, 1.165) is 30.1 Å². The molecule has 4 rings (SSSR count). The number of nitrogens with zero attached hydrogens (tertiary/aromatic N) is 3. The minimum absolute atomic E-state index is 0.0713. The van der Waals surface area contributed by atoms with Crippen molar-refractivity contribution in [1.82, 2.24) is 15.1 Å². The molecule has 3 aromatic rings. The first-order valence-corrected chi connectivity index (χ1v) is 9.51. The van der Waals surface area contributed by atoms with Crippen molar-refractivity contribution in [3.63, 3.8) is 0 Å². The maximum absolute atomic E-state index is 12.6. The third-order valence-corrected chi connectivity index (χ3v) is 5.14. The summed E-state index contributed by atoms with van der Waals surface area (Å²) in [5.41, 5.74) is 2.51. The topological polar surface area (TPSA) is 59.4 Å². The smallest absolute Gasteiger partial charge is 0.251 e. The van der Waals surface area contributed by atoms with E-state index in [0.29, 0.717) is 17.1 Å². The van der Waals surface area contributed by atoms with Crippen LogP contribution < -0.4 is 15.0 Å². The van der Waals surface area contributed by atoms with Crippen LogP contribution in [-0.4, -0.2) is 41.9 Å².